The maximum Gasteiger partial charge on any atom is 0.290 e. The molecule has 2 aromatic carbocycles. The third-order valence-corrected chi connectivity index (χ3v) is 7.18. The van der Waals surface area contributed by atoms with E-state index in [2.05, 4.69) is 27.9 Å². The number of amides is 1. The van der Waals surface area contributed by atoms with E-state index < -0.39 is 0 Å². The number of benzene rings is 2. The van der Waals surface area contributed by atoms with Crippen LogP contribution in [0.25, 0.3) is 33.3 Å². The fourth-order valence-electron chi connectivity index (χ4n) is 4.78. The second-order valence-electron chi connectivity index (χ2n) is 8.91. The van der Waals surface area contributed by atoms with Crippen molar-refractivity contribution in [3.05, 3.63) is 88.2 Å². The Morgan fingerprint density at radius 1 is 1.05 bits per heavy atom. The predicted octanol–water partition coefficient (Wildman–Crippen LogP) is 6.27. The number of nitrogens with one attached hydrogen (secondary N) is 1. The molecule has 0 aliphatic heterocycles. The first-order chi connectivity index (χ1) is 17.8. The van der Waals surface area contributed by atoms with Crippen molar-refractivity contribution in [1.82, 2.24) is 14.3 Å². The molecule has 0 aliphatic carbocycles. The summed E-state index contributed by atoms with van der Waals surface area (Å²) in [4.78, 5) is 31.6. The fourth-order valence-corrected chi connectivity index (χ4v) is 5.24. The van der Waals surface area contributed by atoms with E-state index in [-0.39, 0.29) is 11.5 Å². The zero-order chi connectivity index (χ0) is 26.3. The normalized spacial score (nSPS) is 11.3. The van der Waals surface area contributed by atoms with Gasteiger partial charge < -0.3 is 14.4 Å². The number of hydrogen-bond acceptors (Lipinski definition) is 5. The highest BCUT2D eigenvalue weighted by Gasteiger charge is 2.20. The summed E-state index contributed by atoms with van der Waals surface area (Å²) in [7, 11) is 1.61. The third kappa shape index (κ3) is 4.49. The van der Waals surface area contributed by atoms with Crippen molar-refractivity contribution in [2.75, 3.05) is 11.6 Å². The van der Waals surface area contributed by atoms with E-state index in [1.165, 1.54) is 4.74 Å². The molecule has 0 atom stereocenters. The molecule has 37 heavy (non-hydrogen) atoms. The smallest absolute Gasteiger partial charge is 0.290 e. The first kappa shape index (κ1) is 24.6. The van der Waals surface area contributed by atoms with Crippen LogP contribution in [0, 0.1) is 13.8 Å². The molecule has 5 aromatic rings. The van der Waals surface area contributed by atoms with Gasteiger partial charge in [0, 0.05) is 40.9 Å². The van der Waals surface area contributed by atoms with E-state index in [9.17, 15) is 9.59 Å². The number of aryl methyl sites for hydroxylation is 4. The Bertz CT molecular complexity index is 1690. The molecule has 0 fully saturated rings. The SMILES string of the molecule is CCn1c(-c2ccc(-c3c(C)on(C)c3=O)cc2)cc2cc(C)nc(C(=O)Nc3cccc(SC)c3)c21. The van der Waals surface area contributed by atoms with Crippen molar-refractivity contribution in [2.24, 2.45) is 7.05 Å². The third-order valence-electron chi connectivity index (χ3n) is 6.46. The molecule has 8 heteroatoms. The molecule has 1 N–H and O–H groups in total. The number of fused-ring (bicyclic) bond motifs is 1. The van der Waals surface area contributed by atoms with Crippen molar-refractivity contribution in [2.45, 2.75) is 32.2 Å². The lowest BCUT2D eigenvalue weighted by Gasteiger charge is -2.12. The standard InChI is InChI=1S/C29H28N4O3S/c1-6-33-24(19-10-12-20(13-11-19)25-18(3)36-32(4)29(25)35)15-21-14-17(2)30-26(27(21)33)28(34)31-22-8-7-9-23(16-22)37-5/h7-16H,6H2,1-5H3,(H,31,34). The second-order valence-corrected chi connectivity index (χ2v) is 9.79. The number of nitrogens with zero attached hydrogens (tertiary/aromatic N) is 3. The molecule has 0 unspecified atom stereocenters. The van der Waals surface area contributed by atoms with E-state index in [4.69, 9.17) is 4.52 Å². The summed E-state index contributed by atoms with van der Waals surface area (Å²) >= 11 is 1.63. The van der Waals surface area contributed by atoms with Crippen LogP contribution in [-0.4, -0.2) is 26.5 Å². The maximum atomic E-state index is 13.4. The van der Waals surface area contributed by atoms with Gasteiger partial charge in [-0.2, -0.15) is 4.74 Å². The van der Waals surface area contributed by atoms with Crippen LogP contribution >= 0.6 is 11.8 Å². The Labute approximate surface area is 219 Å². The zero-order valence-corrected chi connectivity index (χ0v) is 22.3. The largest absolute Gasteiger partial charge is 0.381 e. The predicted molar refractivity (Wildman–Crippen MR) is 149 cm³/mol. The molecule has 0 saturated heterocycles. The summed E-state index contributed by atoms with van der Waals surface area (Å²) in [6.45, 7) is 6.41. The first-order valence-corrected chi connectivity index (χ1v) is 13.3. The van der Waals surface area contributed by atoms with E-state index in [1.54, 1.807) is 25.7 Å². The van der Waals surface area contributed by atoms with Crippen molar-refractivity contribution < 1.29 is 9.32 Å². The summed E-state index contributed by atoms with van der Waals surface area (Å²) < 4.78 is 8.81. The van der Waals surface area contributed by atoms with Crippen molar-refractivity contribution >= 4 is 34.3 Å². The van der Waals surface area contributed by atoms with Gasteiger partial charge in [-0.3, -0.25) is 9.59 Å². The summed E-state index contributed by atoms with van der Waals surface area (Å²) in [5, 5.41) is 3.98. The molecule has 5 rings (SSSR count). The molecule has 0 aliphatic rings. The Balaban J connectivity index is 1.57. The van der Waals surface area contributed by atoms with Crippen LogP contribution in [0.3, 0.4) is 0 Å². The monoisotopic (exact) mass is 512 g/mol. The quantitative estimate of drug-likeness (QED) is 0.271. The number of hydrogen-bond donors (Lipinski definition) is 1. The maximum absolute atomic E-state index is 13.4. The fraction of sp³-hybridized carbons (Fsp3) is 0.207. The highest BCUT2D eigenvalue weighted by Crippen LogP contribution is 2.32. The lowest BCUT2D eigenvalue weighted by Crippen LogP contribution is -2.16. The van der Waals surface area contributed by atoms with Gasteiger partial charge in [-0.25, -0.2) is 4.98 Å². The van der Waals surface area contributed by atoms with Gasteiger partial charge >= 0.3 is 0 Å². The molecular weight excluding hydrogens is 484 g/mol. The van der Waals surface area contributed by atoms with E-state index in [0.717, 1.165) is 44.0 Å². The first-order valence-electron chi connectivity index (χ1n) is 12.0. The molecule has 0 saturated carbocycles. The Morgan fingerprint density at radius 2 is 1.78 bits per heavy atom. The van der Waals surface area contributed by atoms with Gasteiger partial charge in [0.05, 0.1) is 11.1 Å². The van der Waals surface area contributed by atoms with Crippen LogP contribution in [0.1, 0.15) is 28.9 Å². The lowest BCUT2D eigenvalue weighted by molar-refractivity contribution is 0.102. The Hall–Kier alpha value is -4.04. The number of carbonyl (C=O) groups is 1. The number of pyridine rings is 1. The average Bonchev–Trinajstić information content (AvgIpc) is 3.38. The Kier molecular flexibility index (Phi) is 6.52. The molecule has 0 radical (unpaired) electrons. The van der Waals surface area contributed by atoms with Crippen LogP contribution in [0.4, 0.5) is 5.69 Å². The molecular formula is C29H28N4O3S. The minimum absolute atomic E-state index is 0.159. The minimum Gasteiger partial charge on any atom is -0.381 e. The van der Waals surface area contributed by atoms with E-state index in [0.29, 0.717) is 23.6 Å². The summed E-state index contributed by atoms with van der Waals surface area (Å²) in [6.07, 6.45) is 2.00. The van der Waals surface area contributed by atoms with Crippen molar-refractivity contribution in [1.29, 1.82) is 0 Å². The van der Waals surface area contributed by atoms with E-state index >= 15 is 0 Å². The van der Waals surface area contributed by atoms with Crippen LogP contribution in [-0.2, 0) is 13.6 Å². The lowest BCUT2D eigenvalue weighted by atomic mass is 10.0. The Morgan fingerprint density at radius 3 is 2.43 bits per heavy atom. The molecule has 7 nitrogen and oxygen atoms in total. The number of thioether (sulfide) groups is 1. The number of rotatable bonds is 6. The van der Waals surface area contributed by atoms with Crippen molar-refractivity contribution in [3.63, 3.8) is 0 Å². The number of anilines is 1. The van der Waals surface area contributed by atoms with Gasteiger partial charge in [0.1, 0.15) is 5.76 Å². The second kappa shape index (κ2) is 9.78. The van der Waals surface area contributed by atoms with Crippen LogP contribution < -0.4 is 10.9 Å². The van der Waals surface area contributed by atoms with Crippen LogP contribution in [0.5, 0.6) is 0 Å². The molecule has 3 aromatic heterocycles. The molecule has 1 amide bonds. The van der Waals surface area contributed by atoms with Gasteiger partial charge in [-0.05, 0) is 68.5 Å². The average molecular weight is 513 g/mol. The highest BCUT2D eigenvalue weighted by atomic mass is 32.2. The summed E-state index contributed by atoms with van der Waals surface area (Å²) in [6, 6.07) is 19.7. The zero-order valence-electron chi connectivity index (χ0n) is 21.5. The molecule has 0 spiro atoms. The summed E-state index contributed by atoms with van der Waals surface area (Å²) in [5.74, 6) is 0.344. The van der Waals surface area contributed by atoms with Gasteiger partial charge in [-0.1, -0.05) is 30.3 Å². The van der Waals surface area contributed by atoms with E-state index in [1.807, 2.05) is 67.8 Å². The van der Waals surface area contributed by atoms with Gasteiger partial charge in [0.2, 0.25) is 0 Å². The van der Waals surface area contributed by atoms with Crippen molar-refractivity contribution in [3.8, 4) is 22.4 Å². The minimum atomic E-state index is -0.243. The number of carbonyl (C=O) groups excluding carboxylic acids is 1. The van der Waals surface area contributed by atoms with Gasteiger partial charge in [0.25, 0.3) is 11.5 Å². The summed E-state index contributed by atoms with van der Waals surface area (Å²) in [5.41, 5.74) is 5.87. The van der Waals surface area contributed by atoms with Gasteiger partial charge in [-0.15, -0.1) is 11.8 Å². The van der Waals surface area contributed by atoms with Crippen LogP contribution in [0.15, 0.2) is 74.9 Å². The molecule has 3 heterocycles. The van der Waals surface area contributed by atoms with Crippen LogP contribution in [0.2, 0.25) is 0 Å². The molecule has 0 bridgehead atoms. The highest BCUT2D eigenvalue weighted by molar-refractivity contribution is 7.98. The van der Waals surface area contributed by atoms with Gasteiger partial charge in [0.15, 0.2) is 5.69 Å². The molecule has 188 valence electrons. The number of aromatic nitrogens is 3. The topological polar surface area (TPSA) is 82.1 Å².